The van der Waals surface area contributed by atoms with Gasteiger partial charge in [0.1, 0.15) is 11.5 Å². The number of likely N-dealkylation sites (N-methyl/N-ethyl adjacent to an activating group) is 1. The molecule has 0 saturated heterocycles. The van der Waals surface area contributed by atoms with Gasteiger partial charge >= 0.3 is 0 Å². The molecular formula is C19H19ClN2O3. The zero-order chi connectivity index (χ0) is 17.8. The minimum atomic E-state index is -0.281. The molecule has 0 aliphatic rings. The summed E-state index contributed by atoms with van der Waals surface area (Å²) >= 11 is 6.17. The van der Waals surface area contributed by atoms with Gasteiger partial charge in [0.05, 0.1) is 17.3 Å². The predicted octanol–water partition coefficient (Wildman–Crippen LogP) is 4.23. The molecule has 1 N–H and O–H groups in total. The molecule has 2 aromatic heterocycles. The summed E-state index contributed by atoms with van der Waals surface area (Å²) in [5.74, 6) is 1.32. The number of benzene rings is 1. The van der Waals surface area contributed by atoms with E-state index in [0.717, 1.165) is 11.3 Å². The SMILES string of the molecule is CN(C)C(CNC(=O)c1ccc(-c2ccccc2Cl)o1)c1ccco1. The van der Waals surface area contributed by atoms with E-state index in [1.165, 1.54) is 0 Å². The van der Waals surface area contributed by atoms with Crippen LogP contribution >= 0.6 is 11.6 Å². The van der Waals surface area contributed by atoms with Crippen molar-refractivity contribution in [1.29, 1.82) is 0 Å². The smallest absolute Gasteiger partial charge is 0.287 e. The van der Waals surface area contributed by atoms with Gasteiger partial charge in [-0.2, -0.15) is 0 Å². The molecule has 6 heteroatoms. The lowest BCUT2D eigenvalue weighted by atomic mass is 10.2. The third-order valence-electron chi connectivity index (χ3n) is 3.92. The van der Waals surface area contributed by atoms with Gasteiger partial charge in [0, 0.05) is 12.1 Å². The van der Waals surface area contributed by atoms with Gasteiger partial charge in [0.15, 0.2) is 5.76 Å². The Morgan fingerprint density at radius 2 is 1.96 bits per heavy atom. The zero-order valence-electron chi connectivity index (χ0n) is 14.0. The highest BCUT2D eigenvalue weighted by atomic mass is 35.5. The number of furan rings is 2. The summed E-state index contributed by atoms with van der Waals surface area (Å²) in [7, 11) is 3.86. The van der Waals surface area contributed by atoms with Crippen LogP contribution in [0.5, 0.6) is 0 Å². The van der Waals surface area contributed by atoms with E-state index in [0.29, 0.717) is 17.3 Å². The molecular weight excluding hydrogens is 340 g/mol. The second-order valence-corrected chi connectivity index (χ2v) is 6.26. The predicted molar refractivity (Wildman–Crippen MR) is 96.6 cm³/mol. The van der Waals surface area contributed by atoms with Gasteiger partial charge in [0.2, 0.25) is 0 Å². The lowest BCUT2D eigenvalue weighted by Crippen LogP contribution is -2.34. The fourth-order valence-electron chi connectivity index (χ4n) is 2.56. The number of rotatable bonds is 6. The molecule has 3 rings (SSSR count). The minimum absolute atomic E-state index is 0.0584. The molecule has 1 unspecified atom stereocenters. The van der Waals surface area contributed by atoms with Crippen LogP contribution in [0.3, 0.4) is 0 Å². The number of hydrogen-bond donors (Lipinski definition) is 1. The van der Waals surface area contributed by atoms with Crippen molar-refractivity contribution < 1.29 is 13.6 Å². The summed E-state index contributed by atoms with van der Waals surface area (Å²) in [6.45, 7) is 0.404. The Morgan fingerprint density at radius 1 is 1.16 bits per heavy atom. The average Bonchev–Trinajstić information content (AvgIpc) is 3.27. The molecule has 0 aliphatic heterocycles. The molecule has 3 aromatic rings. The van der Waals surface area contributed by atoms with Crippen molar-refractivity contribution in [1.82, 2.24) is 10.2 Å². The Hall–Kier alpha value is -2.50. The largest absolute Gasteiger partial charge is 0.468 e. The summed E-state index contributed by atoms with van der Waals surface area (Å²) in [6.07, 6.45) is 1.62. The molecule has 1 aromatic carbocycles. The molecule has 0 radical (unpaired) electrons. The summed E-state index contributed by atoms with van der Waals surface area (Å²) in [5, 5.41) is 3.46. The van der Waals surface area contributed by atoms with Gasteiger partial charge in [-0.25, -0.2) is 0 Å². The first kappa shape index (κ1) is 17.3. The number of nitrogens with zero attached hydrogens (tertiary/aromatic N) is 1. The van der Waals surface area contributed by atoms with Gasteiger partial charge in [-0.3, -0.25) is 9.69 Å². The molecule has 2 heterocycles. The van der Waals surface area contributed by atoms with Gasteiger partial charge in [0.25, 0.3) is 5.91 Å². The lowest BCUT2D eigenvalue weighted by molar-refractivity contribution is 0.0912. The Bertz CT molecular complexity index is 840. The van der Waals surface area contributed by atoms with E-state index in [4.69, 9.17) is 20.4 Å². The van der Waals surface area contributed by atoms with Crippen molar-refractivity contribution >= 4 is 17.5 Å². The summed E-state index contributed by atoms with van der Waals surface area (Å²) in [6, 6.07) is 14.4. The maximum absolute atomic E-state index is 12.4. The highest BCUT2D eigenvalue weighted by Crippen LogP contribution is 2.29. The average molecular weight is 359 g/mol. The Labute approximate surface area is 151 Å². The first-order valence-corrected chi connectivity index (χ1v) is 8.27. The lowest BCUT2D eigenvalue weighted by Gasteiger charge is -2.22. The third kappa shape index (κ3) is 3.95. The molecule has 0 spiro atoms. The van der Waals surface area contributed by atoms with Crippen LogP contribution in [-0.2, 0) is 0 Å². The van der Waals surface area contributed by atoms with Crippen LogP contribution in [0.2, 0.25) is 5.02 Å². The van der Waals surface area contributed by atoms with E-state index in [1.54, 1.807) is 24.5 Å². The second kappa shape index (κ2) is 7.59. The van der Waals surface area contributed by atoms with E-state index < -0.39 is 0 Å². The van der Waals surface area contributed by atoms with Crippen molar-refractivity contribution in [3.63, 3.8) is 0 Å². The van der Waals surface area contributed by atoms with Gasteiger partial charge in [-0.15, -0.1) is 0 Å². The second-order valence-electron chi connectivity index (χ2n) is 5.85. The van der Waals surface area contributed by atoms with Gasteiger partial charge in [-0.1, -0.05) is 23.7 Å². The summed E-state index contributed by atoms with van der Waals surface area (Å²) in [5.41, 5.74) is 0.755. The Balaban J connectivity index is 1.69. The fourth-order valence-corrected chi connectivity index (χ4v) is 2.79. The maximum atomic E-state index is 12.4. The molecule has 0 saturated carbocycles. The van der Waals surface area contributed by atoms with Crippen LogP contribution in [0.25, 0.3) is 11.3 Å². The molecule has 1 atom stereocenters. The number of nitrogens with one attached hydrogen (secondary N) is 1. The highest BCUT2D eigenvalue weighted by Gasteiger charge is 2.20. The van der Waals surface area contributed by atoms with Crippen LogP contribution < -0.4 is 5.32 Å². The van der Waals surface area contributed by atoms with Crippen LogP contribution in [0.15, 0.2) is 63.6 Å². The Morgan fingerprint density at radius 3 is 2.64 bits per heavy atom. The molecule has 1 amide bonds. The number of halogens is 1. The van der Waals surface area contributed by atoms with Crippen molar-refractivity contribution in [2.75, 3.05) is 20.6 Å². The number of carbonyl (C=O) groups is 1. The zero-order valence-corrected chi connectivity index (χ0v) is 14.8. The van der Waals surface area contributed by atoms with E-state index in [-0.39, 0.29) is 17.7 Å². The molecule has 5 nitrogen and oxygen atoms in total. The molecule has 0 fully saturated rings. The number of carbonyl (C=O) groups excluding carboxylic acids is 1. The highest BCUT2D eigenvalue weighted by molar-refractivity contribution is 6.33. The van der Waals surface area contributed by atoms with E-state index in [9.17, 15) is 4.79 Å². The molecule has 25 heavy (non-hydrogen) atoms. The third-order valence-corrected chi connectivity index (χ3v) is 4.25. The van der Waals surface area contributed by atoms with E-state index in [2.05, 4.69) is 5.32 Å². The van der Waals surface area contributed by atoms with Crippen molar-refractivity contribution in [2.45, 2.75) is 6.04 Å². The van der Waals surface area contributed by atoms with Crippen LogP contribution in [0, 0.1) is 0 Å². The molecule has 130 valence electrons. The van der Waals surface area contributed by atoms with Crippen LogP contribution in [0.4, 0.5) is 0 Å². The molecule has 0 bridgehead atoms. The summed E-state index contributed by atoms with van der Waals surface area (Å²) in [4.78, 5) is 14.4. The van der Waals surface area contributed by atoms with E-state index in [1.807, 2.05) is 49.3 Å². The fraction of sp³-hybridized carbons (Fsp3) is 0.211. The number of amides is 1. The quantitative estimate of drug-likeness (QED) is 0.716. The van der Waals surface area contributed by atoms with E-state index >= 15 is 0 Å². The van der Waals surface area contributed by atoms with Crippen LogP contribution in [0.1, 0.15) is 22.4 Å². The van der Waals surface area contributed by atoms with Crippen LogP contribution in [-0.4, -0.2) is 31.4 Å². The Kier molecular flexibility index (Phi) is 5.26. The number of hydrogen-bond acceptors (Lipinski definition) is 4. The van der Waals surface area contributed by atoms with Gasteiger partial charge < -0.3 is 14.2 Å². The first-order valence-electron chi connectivity index (χ1n) is 7.89. The standard InChI is InChI=1S/C19H19ClN2O3/c1-22(2)15(17-8-5-11-24-17)12-21-19(23)18-10-9-16(25-18)13-6-3-4-7-14(13)20/h3-11,15H,12H2,1-2H3,(H,21,23). The van der Waals surface area contributed by atoms with Crippen molar-refractivity contribution in [3.05, 3.63) is 71.3 Å². The normalized spacial score (nSPS) is 12.3. The van der Waals surface area contributed by atoms with Gasteiger partial charge in [-0.05, 0) is 50.5 Å². The minimum Gasteiger partial charge on any atom is -0.468 e. The van der Waals surface area contributed by atoms with Crippen molar-refractivity contribution in [3.8, 4) is 11.3 Å². The van der Waals surface area contributed by atoms with Crippen molar-refractivity contribution in [2.24, 2.45) is 0 Å². The topological polar surface area (TPSA) is 58.6 Å². The molecule has 0 aliphatic carbocycles. The first-order chi connectivity index (χ1) is 12.1. The monoisotopic (exact) mass is 358 g/mol. The maximum Gasteiger partial charge on any atom is 0.287 e. The summed E-state index contributed by atoms with van der Waals surface area (Å²) < 4.78 is 11.1.